The molecule has 0 radical (unpaired) electrons. The highest BCUT2D eigenvalue weighted by atomic mass is 16.8. The van der Waals surface area contributed by atoms with E-state index in [0.29, 0.717) is 11.4 Å². The minimum Gasteiger partial charge on any atom is -0.733 e. The van der Waals surface area contributed by atoms with Gasteiger partial charge in [0, 0.05) is 11.6 Å². The maximum atomic E-state index is 12.5. The Morgan fingerprint density at radius 3 is 2.48 bits per heavy atom. The molecule has 0 saturated carbocycles. The van der Waals surface area contributed by atoms with Gasteiger partial charge in [-0.15, -0.1) is 0 Å². The van der Waals surface area contributed by atoms with Crippen molar-refractivity contribution in [2.75, 3.05) is 5.23 Å². The lowest BCUT2D eigenvalue weighted by Gasteiger charge is -2.22. The van der Waals surface area contributed by atoms with Gasteiger partial charge in [-0.25, -0.2) is 4.98 Å². The number of nitrogens with one attached hydrogen (secondary N) is 2. The molecule has 0 aliphatic rings. The molecule has 1 unspecified atom stereocenters. The number of hydrogen-bond donors (Lipinski definition) is 3. The van der Waals surface area contributed by atoms with Gasteiger partial charge < -0.3 is 20.7 Å². The largest absolute Gasteiger partial charge is 0.733 e. The summed E-state index contributed by atoms with van der Waals surface area (Å²) in [6.07, 6.45) is 0. The highest BCUT2D eigenvalue weighted by Gasteiger charge is 2.15. The number of amides is 1. The van der Waals surface area contributed by atoms with Crippen LogP contribution in [0.2, 0.25) is 0 Å². The van der Waals surface area contributed by atoms with E-state index in [0.717, 1.165) is 11.6 Å². The standard InChI is InChI=1S/C19H17N4O4/c1-12(13-7-9-15(10-8-13)23(26)27)20-19(25)16-11-17(24)22-18(21-16)14-5-3-2-4-6-14/h2-12,26H,1H3,(H,20,25)(H,21,22,24)/q-1. The quantitative estimate of drug-likeness (QED) is 0.598. The molecule has 0 aliphatic carbocycles. The number of carbonyl (C=O) groups excluding carboxylic acids is 1. The highest BCUT2D eigenvalue weighted by molar-refractivity contribution is 5.92. The third-order valence-electron chi connectivity index (χ3n) is 3.98. The lowest BCUT2D eigenvalue weighted by molar-refractivity contribution is 0.0934. The Hall–Kier alpha value is -3.49. The van der Waals surface area contributed by atoms with Crippen molar-refractivity contribution in [2.24, 2.45) is 0 Å². The van der Waals surface area contributed by atoms with Crippen molar-refractivity contribution in [3.8, 4) is 11.4 Å². The van der Waals surface area contributed by atoms with Gasteiger partial charge in [0.2, 0.25) is 0 Å². The summed E-state index contributed by atoms with van der Waals surface area (Å²) in [7, 11) is 0. The van der Waals surface area contributed by atoms with E-state index in [2.05, 4.69) is 15.3 Å². The van der Waals surface area contributed by atoms with Crippen LogP contribution in [0.3, 0.4) is 0 Å². The molecular formula is C19H17N4O4-. The van der Waals surface area contributed by atoms with Crippen LogP contribution in [-0.2, 0) is 0 Å². The molecule has 27 heavy (non-hydrogen) atoms. The van der Waals surface area contributed by atoms with Gasteiger partial charge in [0.05, 0.1) is 11.7 Å². The van der Waals surface area contributed by atoms with E-state index in [9.17, 15) is 14.8 Å². The minimum absolute atomic E-state index is 0.00200. The lowest BCUT2D eigenvalue weighted by atomic mass is 10.1. The Kier molecular flexibility index (Phi) is 5.30. The Labute approximate surface area is 154 Å². The van der Waals surface area contributed by atoms with Crippen LogP contribution < -0.4 is 16.1 Å². The van der Waals surface area contributed by atoms with Gasteiger partial charge in [-0.2, -0.15) is 0 Å². The molecule has 0 bridgehead atoms. The van der Waals surface area contributed by atoms with Gasteiger partial charge in [-0.3, -0.25) is 14.8 Å². The van der Waals surface area contributed by atoms with Crippen LogP contribution in [0.1, 0.15) is 29.0 Å². The number of anilines is 1. The molecule has 1 aromatic heterocycles. The first-order valence-corrected chi connectivity index (χ1v) is 8.18. The van der Waals surface area contributed by atoms with E-state index in [1.807, 2.05) is 18.2 Å². The van der Waals surface area contributed by atoms with Crippen LogP contribution >= 0.6 is 0 Å². The van der Waals surface area contributed by atoms with E-state index in [1.165, 1.54) is 12.1 Å². The number of carbonyl (C=O) groups is 1. The van der Waals surface area contributed by atoms with E-state index < -0.39 is 17.5 Å². The molecule has 0 fully saturated rings. The molecule has 3 N–H and O–H groups in total. The van der Waals surface area contributed by atoms with Crippen molar-refractivity contribution in [3.63, 3.8) is 0 Å². The fraction of sp³-hybridized carbons (Fsp3) is 0.105. The molecule has 8 heteroatoms. The maximum Gasteiger partial charge on any atom is 0.270 e. The minimum atomic E-state index is -0.498. The Balaban J connectivity index is 1.79. The summed E-state index contributed by atoms with van der Waals surface area (Å²) in [5.41, 5.74) is 1.08. The fourth-order valence-electron chi connectivity index (χ4n) is 2.55. The predicted octanol–water partition coefficient (Wildman–Crippen LogP) is 2.62. The van der Waals surface area contributed by atoms with Crippen molar-refractivity contribution in [1.29, 1.82) is 0 Å². The third kappa shape index (κ3) is 4.38. The number of H-pyrrole nitrogens is 1. The van der Waals surface area contributed by atoms with Crippen molar-refractivity contribution < 1.29 is 10.0 Å². The summed E-state index contributed by atoms with van der Waals surface area (Å²) in [5, 5.41) is 22.2. The Morgan fingerprint density at radius 1 is 1.19 bits per heavy atom. The zero-order chi connectivity index (χ0) is 19.4. The SMILES string of the molecule is CC(NC(=O)c1cc(=O)[nH]c(-c2ccccc2)n1)c1ccc(N([O-])O)cc1. The average molecular weight is 365 g/mol. The van der Waals surface area contributed by atoms with Gasteiger partial charge in [0.1, 0.15) is 11.5 Å². The van der Waals surface area contributed by atoms with Crippen molar-refractivity contribution in [3.05, 3.63) is 87.5 Å². The normalized spacial score (nSPS) is 11.7. The molecule has 8 nitrogen and oxygen atoms in total. The van der Waals surface area contributed by atoms with E-state index in [-0.39, 0.29) is 16.6 Å². The van der Waals surface area contributed by atoms with E-state index in [1.54, 1.807) is 31.2 Å². The molecule has 2 aromatic carbocycles. The predicted molar refractivity (Wildman–Crippen MR) is 100 cm³/mol. The van der Waals surface area contributed by atoms with Crippen LogP contribution in [0.5, 0.6) is 0 Å². The second-order valence-corrected chi connectivity index (χ2v) is 5.90. The summed E-state index contributed by atoms with van der Waals surface area (Å²) >= 11 is 0. The summed E-state index contributed by atoms with van der Waals surface area (Å²) in [4.78, 5) is 31.3. The number of nitrogens with zero attached hydrogens (tertiary/aromatic N) is 2. The first-order valence-electron chi connectivity index (χ1n) is 8.18. The maximum absolute atomic E-state index is 12.5. The fourth-order valence-corrected chi connectivity index (χ4v) is 2.55. The van der Waals surface area contributed by atoms with Gasteiger partial charge in [-0.1, -0.05) is 42.5 Å². The molecule has 0 aliphatic heterocycles. The van der Waals surface area contributed by atoms with E-state index in [4.69, 9.17) is 5.21 Å². The molecule has 1 atom stereocenters. The molecule has 138 valence electrons. The first kappa shape index (κ1) is 18.3. The average Bonchev–Trinajstić information content (AvgIpc) is 2.68. The smallest absolute Gasteiger partial charge is 0.270 e. The van der Waals surface area contributed by atoms with Crippen LogP contribution in [0.15, 0.2) is 65.5 Å². The number of aromatic amines is 1. The zero-order valence-electron chi connectivity index (χ0n) is 14.4. The summed E-state index contributed by atoms with van der Waals surface area (Å²) in [6.45, 7) is 1.76. The van der Waals surface area contributed by atoms with Crippen molar-refractivity contribution in [1.82, 2.24) is 15.3 Å². The number of hydrogen-bond acceptors (Lipinski definition) is 6. The summed E-state index contributed by atoms with van der Waals surface area (Å²) < 4.78 is 0. The second kappa shape index (κ2) is 7.81. The molecule has 3 aromatic rings. The van der Waals surface area contributed by atoms with Gasteiger partial charge in [0.15, 0.2) is 0 Å². The monoisotopic (exact) mass is 365 g/mol. The molecule has 0 saturated heterocycles. The molecule has 1 heterocycles. The lowest BCUT2D eigenvalue weighted by Crippen LogP contribution is -2.29. The topological polar surface area (TPSA) is 121 Å². The third-order valence-corrected chi connectivity index (χ3v) is 3.98. The van der Waals surface area contributed by atoms with Crippen LogP contribution in [0.25, 0.3) is 11.4 Å². The number of rotatable bonds is 5. The van der Waals surface area contributed by atoms with Gasteiger partial charge >= 0.3 is 0 Å². The number of aromatic nitrogens is 2. The summed E-state index contributed by atoms with van der Waals surface area (Å²) in [5.74, 6) is -0.189. The molecule has 3 rings (SSSR count). The van der Waals surface area contributed by atoms with Crippen molar-refractivity contribution >= 4 is 11.6 Å². The van der Waals surface area contributed by atoms with Crippen molar-refractivity contribution in [2.45, 2.75) is 13.0 Å². The summed E-state index contributed by atoms with van der Waals surface area (Å²) in [6, 6.07) is 15.9. The number of benzene rings is 2. The molecule has 0 spiro atoms. The Morgan fingerprint density at radius 2 is 1.85 bits per heavy atom. The van der Waals surface area contributed by atoms with Gasteiger partial charge in [-0.05, 0) is 24.6 Å². The van der Waals surface area contributed by atoms with Crippen LogP contribution in [-0.4, -0.2) is 21.1 Å². The van der Waals surface area contributed by atoms with Gasteiger partial charge in [0.25, 0.3) is 11.5 Å². The van der Waals surface area contributed by atoms with E-state index >= 15 is 0 Å². The zero-order valence-corrected chi connectivity index (χ0v) is 14.4. The second-order valence-electron chi connectivity index (χ2n) is 5.90. The highest BCUT2D eigenvalue weighted by Crippen LogP contribution is 2.18. The molecular weight excluding hydrogens is 348 g/mol. The first-order chi connectivity index (χ1) is 12.9. The Bertz CT molecular complexity index is 985. The van der Waals surface area contributed by atoms with Crippen LogP contribution in [0.4, 0.5) is 5.69 Å². The van der Waals surface area contributed by atoms with Crippen LogP contribution in [0, 0.1) is 5.21 Å². The molecule has 1 amide bonds.